The maximum absolute atomic E-state index is 12.4. The van der Waals surface area contributed by atoms with Crippen molar-refractivity contribution in [1.29, 1.82) is 0 Å². The molecule has 40 heavy (non-hydrogen) atoms. The van der Waals surface area contributed by atoms with Crippen LogP contribution in [0.2, 0.25) is 0 Å². The zero-order valence-corrected chi connectivity index (χ0v) is 24.5. The summed E-state index contributed by atoms with van der Waals surface area (Å²) >= 11 is 0. The molecule has 0 bridgehead atoms. The van der Waals surface area contributed by atoms with E-state index in [4.69, 9.17) is 14.2 Å². The van der Waals surface area contributed by atoms with Gasteiger partial charge in [-0.2, -0.15) is 0 Å². The van der Waals surface area contributed by atoms with Crippen molar-refractivity contribution in [3.63, 3.8) is 0 Å². The molecule has 3 aromatic rings. The maximum atomic E-state index is 12.4. The van der Waals surface area contributed by atoms with Crippen LogP contribution in [0.15, 0.2) is 66.7 Å². The van der Waals surface area contributed by atoms with E-state index in [0.29, 0.717) is 24.8 Å². The van der Waals surface area contributed by atoms with E-state index in [9.17, 15) is 9.59 Å². The Kier molecular flexibility index (Phi) is 8.87. The fourth-order valence-corrected chi connectivity index (χ4v) is 4.45. The number of carbonyl (C=O) groups is 2. The number of hydrogen-bond donors (Lipinski definition) is 1. The average molecular weight is 544 g/mol. The van der Waals surface area contributed by atoms with Crippen molar-refractivity contribution in [2.45, 2.75) is 91.1 Å². The molecule has 6 heteroatoms. The third kappa shape index (κ3) is 9.15. The second kappa shape index (κ2) is 12.2. The molecule has 1 fully saturated rings. The highest BCUT2D eigenvalue weighted by Crippen LogP contribution is 2.42. The quantitative estimate of drug-likeness (QED) is 0.280. The number of alkyl carbamates (subject to hydrolysis) is 1. The molecule has 0 radical (unpaired) electrons. The van der Waals surface area contributed by atoms with Crippen LogP contribution in [0.25, 0.3) is 11.1 Å². The normalized spacial score (nSPS) is 13.4. The molecular weight excluding hydrogens is 502 g/mol. The van der Waals surface area contributed by atoms with Gasteiger partial charge in [0.05, 0.1) is 6.42 Å². The Balaban J connectivity index is 1.49. The molecular formula is C34H41NO5. The lowest BCUT2D eigenvalue weighted by atomic mass is 9.97. The Morgan fingerprint density at radius 1 is 0.800 bits per heavy atom. The summed E-state index contributed by atoms with van der Waals surface area (Å²) in [7, 11) is 0. The van der Waals surface area contributed by atoms with E-state index >= 15 is 0 Å². The van der Waals surface area contributed by atoms with E-state index in [1.165, 1.54) is 18.4 Å². The van der Waals surface area contributed by atoms with Gasteiger partial charge in [-0.1, -0.05) is 48.5 Å². The number of para-hydroxylation sites is 1. The van der Waals surface area contributed by atoms with Crippen LogP contribution in [-0.2, 0) is 33.8 Å². The van der Waals surface area contributed by atoms with Gasteiger partial charge in [-0.05, 0) is 106 Å². The molecule has 0 atom stereocenters. The van der Waals surface area contributed by atoms with Crippen molar-refractivity contribution >= 4 is 12.1 Å². The highest BCUT2D eigenvalue weighted by Gasteiger charge is 2.25. The third-order valence-electron chi connectivity index (χ3n) is 6.28. The van der Waals surface area contributed by atoms with Crippen molar-refractivity contribution < 1.29 is 23.8 Å². The number of rotatable bonds is 9. The first-order valence-electron chi connectivity index (χ1n) is 14.0. The molecule has 4 rings (SSSR count). The Bertz CT molecular complexity index is 1340. The SMILES string of the molecule is CC(C)(C)OC(=O)Cc1ccccc1OCc1cc(-c2cccc(CNC(=O)OC(C)(C)C)c2)cc(C2CC2)c1. The fourth-order valence-electron chi connectivity index (χ4n) is 4.45. The molecule has 0 saturated heterocycles. The summed E-state index contributed by atoms with van der Waals surface area (Å²) < 4.78 is 17.1. The molecule has 1 amide bonds. The van der Waals surface area contributed by atoms with Crippen molar-refractivity contribution in [2.24, 2.45) is 0 Å². The minimum absolute atomic E-state index is 0.158. The van der Waals surface area contributed by atoms with Crippen LogP contribution in [-0.4, -0.2) is 23.3 Å². The van der Waals surface area contributed by atoms with Gasteiger partial charge in [0, 0.05) is 12.1 Å². The second-order valence-corrected chi connectivity index (χ2v) is 12.5. The molecule has 0 aliphatic heterocycles. The molecule has 212 valence electrons. The van der Waals surface area contributed by atoms with Gasteiger partial charge in [0.1, 0.15) is 23.6 Å². The van der Waals surface area contributed by atoms with Crippen LogP contribution in [0.5, 0.6) is 5.75 Å². The lowest BCUT2D eigenvalue weighted by molar-refractivity contribution is -0.153. The van der Waals surface area contributed by atoms with Gasteiger partial charge in [-0.3, -0.25) is 4.79 Å². The highest BCUT2D eigenvalue weighted by molar-refractivity contribution is 5.74. The topological polar surface area (TPSA) is 73.9 Å². The molecule has 1 N–H and O–H groups in total. The number of amides is 1. The predicted octanol–water partition coefficient (Wildman–Crippen LogP) is 7.72. The second-order valence-electron chi connectivity index (χ2n) is 12.5. The molecule has 3 aromatic carbocycles. The standard InChI is InChI=1S/C34H41NO5/c1-33(2,3)39-31(36)20-27-11-7-8-13-30(27)38-22-24-17-28(25-14-15-25)19-29(18-24)26-12-9-10-23(16-26)21-35-32(37)40-34(4,5)6/h7-13,16-19,25H,14-15,20-22H2,1-6H3,(H,35,37). The van der Waals surface area contributed by atoms with Crippen LogP contribution in [0, 0.1) is 0 Å². The van der Waals surface area contributed by atoms with Gasteiger partial charge in [0.15, 0.2) is 0 Å². The van der Waals surface area contributed by atoms with Crippen LogP contribution < -0.4 is 10.1 Å². The molecule has 0 spiro atoms. The first kappa shape index (κ1) is 29.2. The minimum atomic E-state index is -0.538. The van der Waals surface area contributed by atoms with Gasteiger partial charge < -0.3 is 19.5 Å². The lowest BCUT2D eigenvalue weighted by Crippen LogP contribution is -2.32. The number of benzene rings is 3. The fraction of sp³-hybridized carbons (Fsp3) is 0.412. The summed E-state index contributed by atoms with van der Waals surface area (Å²) in [5, 5.41) is 2.84. The van der Waals surface area contributed by atoms with Crippen molar-refractivity contribution in [3.8, 4) is 16.9 Å². The molecule has 1 saturated carbocycles. The van der Waals surface area contributed by atoms with E-state index in [2.05, 4.69) is 35.6 Å². The van der Waals surface area contributed by atoms with Gasteiger partial charge in [-0.15, -0.1) is 0 Å². The number of carbonyl (C=O) groups excluding carboxylic acids is 2. The summed E-state index contributed by atoms with van der Waals surface area (Å²) in [5.41, 5.74) is 5.31. The Hall–Kier alpha value is -3.80. The number of ether oxygens (including phenoxy) is 3. The zero-order chi connectivity index (χ0) is 28.9. The molecule has 1 aliphatic rings. The van der Waals surface area contributed by atoms with Crippen LogP contribution >= 0.6 is 0 Å². The van der Waals surface area contributed by atoms with E-state index in [0.717, 1.165) is 27.8 Å². The largest absolute Gasteiger partial charge is 0.489 e. The Morgan fingerprint density at radius 3 is 2.20 bits per heavy atom. The summed E-state index contributed by atoms with van der Waals surface area (Å²) in [6.07, 6.45) is 2.12. The van der Waals surface area contributed by atoms with E-state index < -0.39 is 17.3 Å². The number of esters is 1. The van der Waals surface area contributed by atoms with Crippen LogP contribution in [0.4, 0.5) is 4.79 Å². The van der Waals surface area contributed by atoms with E-state index in [-0.39, 0.29) is 12.4 Å². The smallest absolute Gasteiger partial charge is 0.407 e. The highest BCUT2D eigenvalue weighted by atomic mass is 16.6. The summed E-state index contributed by atoms with van der Waals surface area (Å²) in [6, 6.07) is 22.5. The maximum Gasteiger partial charge on any atom is 0.407 e. The van der Waals surface area contributed by atoms with Gasteiger partial charge in [0.25, 0.3) is 0 Å². The first-order valence-corrected chi connectivity index (χ1v) is 14.0. The lowest BCUT2D eigenvalue weighted by Gasteiger charge is -2.20. The molecule has 0 unspecified atom stereocenters. The van der Waals surface area contributed by atoms with Gasteiger partial charge >= 0.3 is 12.1 Å². The molecule has 0 aromatic heterocycles. The van der Waals surface area contributed by atoms with Gasteiger partial charge in [0.2, 0.25) is 0 Å². The van der Waals surface area contributed by atoms with Crippen molar-refractivity contribution in [2.75, 3.05) is 0 Å². The van der Waals surface area contributed by atoms with Crippen LogP contribution in [0.1, 0.15) is 82.6 Å². The van der Waals surface area contributed by atoms with Crippen molar-refractivity contribution in [1.82, 2.24) is 5.32 Å². The van der Waals surface area contributed by atoms with Gasteiger partial charge in [-0.25, -0.2) is 4.79 Å². The Morgan fingerprint density at radius 2 is 1.50 bits per heavy atom. The number of nitrogens with one attached hydrogen (secondary N) is 1. The zero-order valence-electron chi connectivity index (χ0n) is 24.5. The van der Waals surface area contributed by atoms with E-state index in [1.807, 2.05) is 77.9 Å². The Labute approximate surface area is 238 Å². The minimum Gasteiger partial charge on any atom is -0.489 e. The number of hydrogen-bond acceptors (Lipinski definition) is 5. The third-order valence-corrected chi connectivity index (χ3v) is 6.28. The predicted molar refractivity (Wildman–Crippen MR) is 157 cm³/mol. The average Bonchev–Trinajstić information content (AvgIpc) is 3.71. The monoisotopic (exact) mass is 543 g/mol. The molecule has 0 heterocycles. The molecule has 1 aliphatic carbocycles. The van der Waals surface area contributed by atoms with Crippen LogP contribution in [0.3, 0.4) is 0 Å². The first-order chi connectivity index (χ1) is 18.8. The summed E-state index contributed by atoms with van der Waals surface area (Å²) in [5.74, 6) is 0.986. The summed E-state index contributed by atoms with van der Waals surface area (Å²) in [4.78, 5) is 24.6. The summed E-state index contributed by atoms with van der Waals surface area (Å²) in [6.45, 7) is 11.9. The molecule has 6 nitrogen and oxygen atoms in total. The van der Waals surface area contributed by atoms with E-state index in [1.54, 1.807) is 0 Å². The van der Waals surface area contributed by atoms with Crippen molar-refractivity contribution in [3.05, 3.63) is 89.0 Å².